The number of rotatable bonds is 7. The molecule has 0 saturated carbocycles. The Labute approximate surface area is 166 Å². The summed E-state index contributed by atoms with van der Waals surface area (Å²) in [7, 11) is 4.19. The number of hydrogen-bond donors (Lipinski definition) is 0. The van der Waals surface area contributed by atoms with Crippen LogP contribution in [0.25, 0.3) is 0 Å². The fourth-order valence-electron chi connectivity index (χ4n) is 3.51. The number of nitrogens with zero attached hydrogens (tertiary/aromatic N) is 4. The SMILES string of the molecule is Cc1ccccc1SCC(=O)N1CCC(c2nccn2CCN(C)C)CC1. The van der Waals surface area contributed by atoms with Gasteiger partial charge in [0.2, 0.25) is 5.91 Å². The summed E-state index contributed by atoms with van der Waals surface area (Å²) < 4.78 is 2.27. The van der Waals surface area contributed by atoms with Gasteiger partial charge in [-0.05, 0) is 45.5 Å². The number of hydrogen-bond acceptors (Lipinski definition) is 4. The van der Waals surface area contributed by atoms with Crippen molar-refractivity contribution >= 4 is 17.7 Å². The summed E-state index contributed by atoms with van der Waals surface area (Å²) in [6, 6.07) is 8.25. The van der Waals surface area contributed by atoms with Crippen LogP contribution in [0.2, 0.25) is 0 Å². The third-order valence-electron chi connectivity index (χ3n) is 5.19. The first-order chi connectivity index (χ1) is 13.0. The van der Waals surface area contributed by atoms with E-state index < -0.39 is 0 Å². The van der Waals surface area contributed by atoms with E-state index in [2.05, 4.69) is 53.8 Å². The summed E-state index contributed by atoms with van der Waals surface area (Å²) in [5.74, 6) is 2.40. The Morgan fingerprint density at radius 1 is 1.26 bits per heavy atom. The van der Waals surface area contributed by atoms with Gasteiger partial charge in [0, 0.05) is 49.4 Å². The van der Waals surface area contributed by atoms with Crippen molar-refractivity contribution in [2.24, 2.45) is 0 Å². The summed E-state index contributed by atoms with van der Waals surface area (Å²) in [6.07, 6.45) is 5.98. The molecule has 2 heterocycles. The molecule has 1 saturated heterocycles. The molecule has 146 valence electrons. The number of likely N-dealkylation sites (N-methyl/N-ethyl adjacent to an activating group) is 1. The van der Waals surface area contributed by atoms with Crippen molar-refractivity contribution in [1.29, 1.82) is 0 Å². The number of imidazole rings is 1. The molecule has 0 aliphatic carbocycles. The van der Waals surface area contributed by atoms with Gasteiger partial charge in [0.05, 0.1) is 5.75 Å². The minimum Gasteiger partial charge on any atom is -0.342 e. The van der Waals surface area contributed by atoms with Crippen LogP contribution in [0, 0.1) is 6.92 Å². The van der Waals surface area contributed by atoms with Gasteiger partial charge in [-0.2, -0.15) is 0 Å². The van der Waals surface area contributed by atoms with Gasteiger partial charge in [0.1, 0.15) is 5.82 Å². The lowest BCUT2D eigenvalue weighted by Gasteiger charge is -2.32. The number of aromatic nitrogens is 2. The largest absolute Gasteiger partial charge is 0.342 e. The van der Waals surface area contributed by atoms with Crippen molar-refractivity contribution in [3.63, 3.8) is 0 Å². The highest BCUT2D eigenvalue weighted by molar-refractivity contribution is 8.00. The van der Waals surface area contributed by atoms with E-state index in [0.29, 0.717) is 11.7 Å². The maximum atomic E-state index is 12.6. The lowest BCUT2D eigenvalue weighted by Crippen LogP contribution is -2.39. The van der Waals surface area contributed by atoms with Gasteiger partial charge in [0.15, 0.2) is 0 Å². The van der Waals surface area contributed by atoms with Crippen LogP contribution in [0.3, 0.4) is 0 Å². The van der Waals surface area contributed by atoms with E-state index in [9.17, 15) is 4.79 Å². The lowest BCUT2D eigenvalue weighted by molar-refractivity contribution is -0.129. The second-order valence-corrected chi connectivity index (χ2v) is 8.51. The smallest absolute Gasteiger partial charge is 0.232 e. The zero-order chi connectivity index (χ0) is 19.2. The average molecular weight is 387 g/mol. The zero-order valence-corrected chi connectivity index (χ0v) is 17.4. The number of likely N-dealkylation sites (tertiary alicyclic amines) is 1. The van der Waals surface area contributed by atoms with Gasteiger partial charge in [-0.15, -0.1) is 11.8 Å². The summed E-state index contributed by atoms with van der Waals surface area (Å²) in [4.78, 5) is 22.6. The monoisotopic (exact) mass is 386 g/mol. The first kappa shape index (κ1) is 20.0. The Morgan fingerprint density at radius 2 is 2.00 bits per heavy atom. The Hall–Kier alpha value is -1.79. The molecule has 1 aromatic carbocycles. The van der Waals surface area contributed by atoms with E-state index in [1.54, 1.807) is 11.8 Å². The molecule has 0 N–H and O–H groups in total. The molecule has 1 aliphatic heterocycles. The number of carbonyl (C=O) groups excluding carboxylic acids is 1. The van der Waals surface area contributed by atoms with Crippen LogP contribution in [0.5, 0.6) is 0 Å². The van der Waals surface area contributed by atoms with Crippen molar-refractivity contribution in [1.82, 2.24) is 19.4 Å². The highest BCUT2D eigenvalue weighted by Gasteiger charge is 2.26. The lowest BCUT2D eigenvalue weighted by atomic mass is 9.96. The topological polar surface area (TPSA) is 41.4 Å². The van der Waals surface area contributed by atoms with Crippen LogP contribution < -0.4 is 0 Å². The Balaban J connectivity index is 1.49. The second kappa shape index (κ2) is 9.42. The van der Waals surface area contributed by atoms with E-state index in [1.807, 2.05) is 23.2 Å². The molecular weight excluding hydrogens is 356 g/mol. The van der Waals surface area contributed by atoms with Crippen LogP contribution in [0.1, 0.15) is 30.1 Å². The summed E-state index contributed by atoms with van der Waals surface area (Å²) in [5, 5.41) is 0. The molecule has 2 aromatic rings. The number of piperidine rings is 1. The van der Waals surface area contributed by atoms with Gasteiger partial charge < -0.3 is 14.4 Å². The molecule has 27 heavy (non-hydrogen) atoms. The average Bonchev–Trinajstić information content (AvgIpc) is 3.14. The highest BCUT2D eigenvalue weighted by atomic mass is 32.2. The molecule has 0 spiro atoms. The summed E-state index contributed by atoms with van der Waals surface area (Å²) in [5.41, 5.74) is 1.23. The highest BCUT2D eigenvalue weighted by Crippen LogP contribution is 2.28. The van der Waals surface area contributed by atoms with Crippen molar-refractivity contribution in [3.05, 3.63) is 48.0 Å². The van der Waals surface area contributed by atoms with E-state index in [0.717, 1.165) is 39.0 Å². The van der Waals surface area contributed by atoms with Crippen LogP contribution in [-0.2, 0) is 11.3 Å². The van der Waals surface area contributed by atoms with Crippen LogP contribution in [-0.4, -0.2) is 64.7 Å². The summed E-state index contributed by atoms with van der Waals surface area (Å²) >= 11 is 1.65. The van der Waals surface area contributed by atoms with Crippen molar-refractivity contribution < 1.29 is 4.79 Å². The van der Waals surface area contributed by atoms with Crippen LogP contribution >= 0.6 is 11.8 Å². The number of benzene rings is 1. The van der Waals surface area contributed by atoms with E-state index in [-0.39, 0.29) is 5.91 Å². The number of thioether (sulfide) groups is 1. The zero-order valence-electron chi connectivity index (χ0n) is 16.6. The molecule has 1 amide bonds. The number of aryl methyl sites for hydroxylation is 1. The maximum absolute atomic E-state index is 12.6. The van der Waals surface area contributed by atoms with E-state index >= 15 is 0 Å². The molecule has 0 bridgehead atoms. The molecule has 0 unspecified atom stereocenters. The molecule has 3 rings (SSSR count). The molecule has 1 fully saturated rings. The van der Waals surface area contributed by atoms with Crippen LogP contribution in [0.15, 0.2) is 41.6 Å². The third kappa shape index (κ3) is 5.36. The summed E-state index contributed by atoms with van der Waals surface area (Å²) in [6.45, 7) is 5.73. The number of carbonyl (C=O) groups is 1. The van der Waals surface area contributed by atoms with Crippen molar-refractivity contribution in [2.45, 2.75) is 37.1 Å². The minimum absolute atomic E-state index is 0.248. The Bertz CT molecular complexity index is 750. The van der Waals surface area contributed by atoms with Crippen molar-refractivity contribution in [3.8, 4) is 0 Å². The molecular formula is C21H30N4OS. The van der Waals surface area contributed by atoms with E-state index in [1.165, 1.54) is 16.3 Å². The van der Waals surface area contributed by atoms with Gasteiger partial charge in [-0.25, -0.2) is 4.98 Å². The Morgan fingerprint density at radius 3 is 2.70 bits per heavy atom. The quantitative estimate of drug-likeness (QED) is 0.685. The fourth-order valence-corrected chi connectivity index (χ4v) is 4.45. The molecule has 1 aromatic heterocycles. The molecule has 5 nitrogen and oxygen atoms in total. The normalized spacial score (nSPS) is 15.5. The third-order valence-corrected chi connectivity index (χ3v) is 6.35. The Kier molecular flexibility index (Phi) is 6.96. The standard InChI is InChI=1S/C21H30N4OS/c1-17-6-4-5-7-19(17)27-16-20(26)24-11-8-18(9-12-24)21-22-10-13-25(21)15-14-23(2)3/h4-7,10,13,18H,8-9,11-12,14-16H2,1-3H3. The van der Waals surface area contributed by atoms with Gasteiger partial charge in [-0.3, -0.25) is 4.79 Å². The maximum Gasteiger partial charge on any atom is 0.232 e. The predicted molar refractivity (Wildman–Crippen MR) is 111 cm³/mol. The predicted octanol–water partition coefficient (Wildman–Crippen LogP) is 3.25. The number of amides is 1. The molecule has 6 heteroatoms. The van der Waals surface area contributed by atoms with E-state index in [4.69, 9.17) is 0 Å². The van der Waals surface area contributed by atoms with Gasteiger partial charge >= 0.3 is 0 Å². The molecule has 1 aliphatic rings. The minimum atomic E-state index is 0.248. The first-order valence-corrected chi connectivity index (χ1v) is 10.6. The fraction of sp³-hybridized carbons (Fsp3) is 0.524. The molecule has 0 radical (unpaired) electrons. The van der Waals surface area contributed by atoms with Crippen LogP contribution in [0.4, 0.5) is 0 Å². The second-order valence-electron chi connectivity index (χ2n) is 7.49. The first-order valence-electron chi connectivity index (χ1n) is 9.66. The van der Waals surface area contributed by atoms with Gasteiger partial charge in [0.25, 0.3) is 0 Å². The van der Waals surface area contributed by atoms with Gasteiger partial charge in [-0.1, -0.05) is 18.2 Å². The van der Waals surface area contributed by atoms with Crippen molar-refractivity contribution in [2.75, 3.05) is 39.5 Å². The molecule has 0 atom stereocenters.